The Kier molecular flexibility index (Phi) is 2.34. The third kappa shape index (κ3) is 2.71. The molecule has 0 aliphatic heterocycles. The third-order valence-corrected chi connectivity index (χ3v) is 0.354. The molecule has 0 nitrogen and oxygen atoms in total. The fourth-order valence-corrected chi connectivity index (χ4v) is 0. The summed E-state index contributed by atoms with van der Waals surface area (Å²) < 4.78 is 0. The molecule has 1 saturated carbocycles. The minimum atomic E-state index is 0. The molecule has 1 fully saturated rings. The summed E-state index contributed by atoms with van der Waals surface area (Å²) in [5.41, 5.74) is 0. The van der Waals surface area contributed by atoms with Gasteiger partial charge in [-0.1, -0.05) is 19.3 Å². The van der Waals surface area contributed by atoms with E-state index in [4.69, 9.17) is 0 Å². The van der Waals surface area contributed by atoms with Crippen molar-refractivity contribution in [2.45, 2.75) is 19.3 Å². The molecule has 1 aliphatic carbocycles. The molecule has 0 heterocycles. The SMILES string of the molecule is C1CC1.[Ti]. The van der Waals surface area contributed by atoms with Crippen LogP contribution in [0.2, 0.25) is 0 Å². The van der Waals surface area contributed by atoms with E-state index in [2.05, 4.69) is 0 Å². The number of rotatable bonds is 0. The largest absolute Gasteiger partial charge is 0.0533 e. The molecule has 0 amide bonds. The van der Waals surface area contributed by atoms with E-state index in [9.17, 15) is 0 Å². The second-order valence-electron chi connectivity index (χ2n) is 1.06. The van der Waals surface area contributed by atoms with Gasteiger partial charge in [0.1, 0.15) is 0 Å². The van der Waals surface area contributed by atoms with Crippen molar-refractivity contribution in [3.05, 3.63) is 0 Å². The Labute approximate surface area is 41.5 Å². The maximum absolute atomic E-state index is 1.50. The summed E-state index contributed by atoms with van der Waals surface area (Å²) in [6, 6.07) is 0. The second kappa shape index (κ2) is 1.98. The van der Waals surface area contributed by atoms with Crippen LogP contribution in [0.25, 0.3) is 0 Å². The molecule has 0 aromatic rings. The van der Waals surface area contributed by atoms with Crippen LogP contribution in [0.4, 0.5) is 0 Å². The van der Waals surface area contributed by atoms with Crippen LogP contribution in [0, 0.1) is 0 Å². The molecule has 0 N–H and O–H groups in total. The summed E-state index contributed by atoms with van der Waals surface area (Å²) in [6.45, 7) is 0. The summed E-state index contributed by atoms with van der Waals surface area (Å²) in [4.78, 5) is 0. The van der Waals surface area contributed by atoms with Crippen LogP contribution in [0.5, 0.6) is 0 Å². The molecule has 0 unspecified atom stereocenters. The average molecular weight is 89.9 g/mol. The quantitative estimate of drug-likeness (QED) is 0.391. The molecule has 1 aliphatic rings. The Balaban J connectivity index is 0.0000000900. The maximum Gasteiger partial charge on any atom is 0 e. The molecule has 0 atom stereocenters. The zero-order valence-electron chi connectivity index (χ0n) is 2.62. The van der Waals surface area contributed by atoms with Gasteiger partial charge in [-0.25, -0.2) is 0 Å². The van der Waals surface area contributed by atoms with Gasteiger partial charge in [0.15, 0.2) is 0 Å². The van der Waals surface area contributed by atoms with Crippen LogP contribution in [0.15, 0.2) is 0 Å². The number of hydrogen-bond donors (Lipinski definition) is 0. The van der Waals surface area contributed by atoms with Crippen LogP contribution in [-0.4, -0.2) is 0 Å². The predicted octanol–water partition coefficient (Wildman–Crippen LogP) is 1.17. The minimum Gasteiger partial charge on any atom is -0.0533 e. The predicted molar refractivity (Wildman–Crippen MR) is 13.9 cm³/mol. The van der Waals surface area contributed by atoms with Gasteiger partial charge in [0.2, 0.25) is 0 Å². The summed E-state index contributed by atoms with van der Waals surface area (Å²) in [5, 5.41) is 0. The van der Waals surface area contributed by atoms with Crippen molar-refractivity contribution in [1.29, 1.82) is 0 Å². The van der Waals surface area contributed by atoms with Gasteiger partial charge in [0.05, 0.1) is 0 Å². The summed E-state index contributed by atoms with van der Waals surface area (Å²) in [6.07, 6.45) is 4.50. The van der Waals surface area contributed by atoms with Crippen molar-refractivity contribution >= 4 is 0 Å². The fourth-order valence-electron chi connectivity index (χ4n) is 0. The van der Waals surface area contributed by atoms with E-state index in [1.165, 1.54) is 19.3 Å². The van der Waals surface area contributed by atoms with Crippen LogP contribution in [0.1, 0.15) is 19.3 Å². The maximum atomic E-state index is 1.50. The van der Waals surface area contributed by atoms with Crippen molar-refractivity contribution < 1.29 is 21.7 Å². The first kappa shape index (κ1) is 4.71. The fraction of sp³-hybridized carbons (Fsp3) is 1.00. The van der Waals surface area contributed by atoms with Gasteiger partial charge in [0.25, 0.3) is 0 Å². The molecule has 0 bridgehead atoms. The van der Waals surface area contributed by atoms with Gasteiger partial charge in [-0.2, -0.15) is 0 Å². The van der Waals surface area contributed by atoms with Crippen molar-refractivity contribution in [3.8, 4) is 0 Å². The van der Waals surface area contributed by atoms with Crippen LogP contribution >= 0.6 is 0 Å². The van der Waals surface area contributed by atoms with E-state index in [0.29, 0.717) is 0 Å². The molecule has 1 heteroatoms. The minimum absolute atomic E-state index is 0. The van der Waals surface area contributed by atoms with Gasteiger partial charge >= 0.3 is 0 Å². The Hall–Kier alpha value is 0.714. The molecule has 4 heavy (non-hydrogen) atoms. The van der Waals surface area contributed by atoms with Gasteiger partial charge in [-0.3, -0.25) is 0 Å². The zero-order valence-corrected chi connectivity index (χ0v) is 4.18. The van der Waals surface area contributed by atoms with E-state index in [0.717, 1.165) is 0 Å². The topological polar surface area (TPSA) is 0 Å². The second-order valence-corrected chi connectivity index (χ2v) is 1.06. The molecular formula is C3H6Ti. The molecule has 0 radical (unpaired) electrons. The van der Waals surface area contributed by atoms with E-state index in [1.54, 1.807) is 0 Å². The van der Waals surface area contributed by atoms with Gasteiger partial charge < -0.3 is 0 Å². The van der Waals surface area contributed by atoms with E-state index in [1.807, 2.05) is 0 Å². The first-order valence-corrected chi connectivity index (χ1v) is 1.50. The molecule has 1 rings (SSSR count). The van der Waals surface area contributed by atoms with Crippen molar-refractivity contribution in [3.63, 3.8) is 0 Å². The Morgan fingerprint density at radius 3 is 1.00 bits per heavy atom. The van der Waals surface area contributed by atoms with Crippen molar-refractivity contribution in [1.82, 2.24) is 0 Å². The van der Waals surface area contributed by atoms with Gasteiger partial charge in [-0.15, -0.1) is 0 Å². The zero-order chi connectivity index (χ0) is 2.12. The standard InChI is InChI=1S/C3H6.Ti/c1-2-3-1;/h1-3H2;. The molecule has 0 aromatic carbocycles. The van der Waals surface area contributed by atoms with Crippen LogP contribution < -0.4 is 0 Å². The molecule has 0 aromatic heterocycles. The normalized spacial score (nSPS) is 18.0. The van der Waals surface area contributed by atoms with Gasteiger partial charge in [-0.05, 0) is 0 Å². The summed E-state index contributed by atoms with van der Waals surface area (Å²) in [7, 11) is 0. The van der Waals surface area contributed by atoms with E-state index >= 15 is 0 Å². The average Bonchev–Trinajstić information content (AvgIpc) is 1.46. The summed E-state index contributed by atoms with van der Waals surface area (Å²) in [5.74, 6) is 0. The van der Waals surface area contributed by atoms with Gasteiger partial charge in [0, 0.05) is 21.7 Å². The van der Waals surface area contributed by atoms with E-state index < -0.39 is 0 Å². The Morgan fingerprint density at radius 1 is 0.750 bits per heavy atom. The smallest absolute Gasteiger partial charge is 0 e. The first-order valence-electron chi connectivity index (χ1n) is 1.50. The Bertz CT molecular complexity index is 8.00. The molecule has 0 spiro atoms. The van der Waals surface area contributed by atoms with Crippen LogP contribution in [0.3, 0.4) is 0 Å². The molecular weight excluding hydrogens is 83.9 g/mol. The van der Waals surface area contributed by atoms with Crippen LogP contribution in [-0.2, 0) is 21.7 Å². The first-order chi connectivity index (χ1) is 1.50. The third-order valence-electron chi connectivity index (χ3n) is 0.354. The molecule has 0 saturated heterocycles. The molecule has 22 valence electrons. The van der Waals surface area contributed by atoms with E-state index in [-0.39, 0.29) is 21.7 Å². The summed E-state index contributed by atoms with van der Waals surface area (Å²) >= 11 is 0. The van der Waals surface area contributed by atoms with Crippen molar-refractivity contribution in [2.24, 2.45) is 0 Å². The van der Waals surface area contributed by atoms with Crippen molar-refractivity contribution in [2.75, 3.05) is 0 Å². The monoisotopic (exact) mass is 90.0 g/mol. The Morgan fingerprint density at radius 2 is 1.00 bits per heavy atom. The number of hydrogen-bond acceptors (Lipinski definition) is 0.